The molecule has 0 aliphatic rings. The van der Waals surface area contributed by atoms with Crippen molar-refractivity contribution < 1.29 is 19.4 Å². The Morgan fingerprint density at radius 2 is 1.95 bits per heavy atom. The summed E-state index contributed by atoms with van der Waals surface area (Å²) in [7, 11) is 0. The van der Waals surface area contributed by atoms with Crippen molar-refractivity contribution in [2.45, 2.75) is 0 Å². The van der Waals surface area contributed by atoms with E-state index in [0.717, 1.165) is 5.39 Å². The number of fused-ring (bicyclic) bond motifs is 1. The van der Waals surface area contributed by atoms with E-state index in [-0.39, 0.29) is 17.7 Å². The third-order valence-electron chi connectivity index (χ3n) is 2.70. The van der Waals surface area contributed by atoms with Crippen LogP contribution in [0, 0.1) is 0 Å². The zero-order valence-electron chi connectivity index (χ0n) is 10.1. The van der Waals surface area contributed by atoms with E-state index in [0.29, 0.717) is 5.39 Å². The third kappa shape index (κ3) is 2.47. The molecule has 0 saturated heterocycles. The number of carboxylic acid groups (broad SMARTS) is 1. The molecule has 0 aliphatic carbocycles. The molecule has 2 aromatic rings. The van der Waals surface area contributed by atoms with Crippen LogP contribution >= 0.6 is 0 Å². The van der Waals surface area contributed by atoms with Gasteiger partial charge >= 0.3 is 11.9 Å². The lowest BCUT2D eigenvalue weighted by atomic mass is 9.99. The second-order valence-electron chi connectivity index (χ2n) is 3.90. The molecule has 4 nitrogen and oxygen atoms in total. The Hall–Kier alpha value is -2.62. The standard InChI is InChI=1S/C15H12O4/c1-2-9-19-15(18)13-11-6-4-3-5-10(11)7-8-12(13)14(16)17/h2-8H,1,9H2,(H,16,17). The van der Waals surface area contributed by atoms with Crippen molar-refractivity contribution in [2.24, 2.45) is 0 Å². The molecule has 2 rings (SSSR count). The molecule has 0 atom stereocenters. The van der Waals surface area contributed by atoms with Crippen LogP contribution in [-0.4, -0.2) is 23.7 Å². The van der Waals surface area contributed by atoms with Gasteiger partial charge in [0.05, 0.1) is 11.1 Å². The van der Waals surface area contributed by atoms with Crippen molar-refractivity contribution in [1.29, 1.82) is 0 Å². The predicted molar refractivity (Wildman–Crippen MR) is 71.4 cm³/mol. The summed E-state index contributed by atoms with van der Waals surface area (Å²) in [5, 5.41) is 10.5. The number of carbonyl (C=O) groups excluding carboxylic acids is 1. The molecule has 0 radical (unpaired) electrons. The Bertz CT molecular complexity index is 658. The Morgan fingerprint density at radius 3 is 2.63 bits per heavy atom. The van der Waals surface area contributed by atoms with Gasteiger partial charge in [-0.05, 0) is 16.8 Å². The molecule has 0 aliphatic heterocycles. The number of hydrogen-bond donors (Lipinski definition) is 1. The number of ether oxygens (including phenoxy) is 1. The fraction of sp³-hybridized carbons (Fsp3) is 0.0667. The average Bonchev–Trinajstić information content (AvgIpc) is 2.43. The van der Waals surface area contributed by atoms with Crippen LogP contribution < -0.4 is 0 Å². The fourth-order valence-corrected chi connectivity index (χ4v) is 1.88. The van der Waals surface area contributed by atoms with Crippen molar-refractivity contribution in [3.63, 3.8) is 0 Å². The normalized spacial score (nSPS) is 10.1. The molecule has 0 heterocycles. The maximum Gasteiger partial charge on any atom is 0.339 e. The second-order valence-corrected chi connectivity index (χ2v) is 3.90. The highest BCUT2D eigenvalue weighted by atomic mass is 16.5. The van der Waals surface area contributed by atoms with Crippen LogP contribution in [0.2, 0.25) is 0 Å². The zero-order valence-corrected chi connectivity index (χ0v) is 10.1. The van der Waals surface area contributed by atoms with Gasteiger partial charge in [-0.2, -0.15) is 0 Å². The van der Waals surface area contributed by atoms with Crippen LogP contribution in [0.1, 0.15) is 20.7 Å². The largest absolute Gasteiger partial charge is 0.478 e. The quantitative estimate of drug-likeness (QED) is 0.674. The van der Waals surface area contributed by atoms with E-state index < -0.39 is 11.9 Å². The molecule has 0 spiro atoms. The fourth-order valence-electron chi connectivity index (χ4n) is 1.88. The smallest absolute Gasteiger partial charge is 0.339 e. The molecule has 19 heavy (non-hydrogen) atoms. The predicted octanol–water partition coefficient (Wildman–Crippen LogP) is 2.88. The molecule has 0 saturated carbocycles. The van der Waals surface area contributed by atoms with Gasteiger partial charge in [0.25, 0.3) is 0 Å². The summed E-state index contributed by atoms with van der Waals surface area (Å²) in [6.07, 6.45) is 1.43. The molecule has 1 N–H and O–H groups in total. The summed E-state index contributed by atoms with van der Waals surface area (Å²) < 4.78 is 4.96. The van der Waals surface area contributed by atoms with Gasteiger partial charge in [-0.25, -0.2) is 9.59 Å². The van der Waals surface area contributed by atoms with Crippen LogP contribution in [0.5, 0.6) is 0 Å². The molecular formula is C15H12O4. The lowest BCUT2D eigenvalue weighted by molar-refractivity contribution is 0.0539. The maximum absolute atomic E-state index is 12.0. The highest BCUT2D eigenvalue weighted by molar-refractivity contribution is 6.12. The van der Waals surface area contributed by atoms with Crippen molar-refractivity contribution in [1.82, 2.24) is 0 Å². The van der Waals surface area contributed by atoms with Gasteiger partial charge in [0.15, 0.2) is 0 Å². The van der Waals surface area contributed by atoms with Gasteiger partial charge in [-0.15, -0.1) is 0 Å². The monoisotopic (exact) mass is 256 g/mol. The van der Waals surface area contributed by atoms with Crippen LogP contribution in [0.3, 0.4) is 0 Å². The molecule has 0 unspecified atom stereocenters. The maximum atomic E-state index is 12.0. The topological polar surface area (TPSA) is 63.6 Å². The van der Waals surface area contributed by atoms with Crippen LogP contribution in [0.25, 0.3) is 10.8 Å². The molecule has 0 aromatic heterocycles. The van der Waals surface area contributed by atoms with Crippen molar-refractivity contribution in [2.75, 3.05) is 6.61 Å². The SMILES string of the molecule is C=CCOC(=O)c1c(C(=O)O)ccc2ccccc12. The highest BCUT2D eigenvalue weighted by Crippen LogP contribution is 2.23. The first-order valence-electron chi connectivity index (χ1n) is 5.68. The number of carbonyl (C=O) groups is 2. The van der Waals surface area contributed by atoms with Crippen molar-refractivity contribution >= 4 is 22.7 Å². The number of carboxylic acids is 1. The molecule has 96 valence electrons. The molecule has 4 heteroatoms. The first-order valence-corrected chi connectivity index (χ1v) is 5.68. The first-order chi connectivity index (χ1) is 9.15. The number of aromatic carboxylic acids is 1. The lowest BCUT2D eigenvalue weighted by Gasteiger charge is -2.09. The van der Waals surface area contributed by atoms with Gasteiger partial charge in [-0.1, -0.05) is 43.0 Å². The van der Waals surface area contributed by atoms with E-state index in [2.05, 4.69) is 6.58 Å². The minimum absolute atomic E-state index is 0.0428. The Labute approximate surface area is 109 Å². The number of hydrogen-bond acceptors (Lipinski definition) is 3. The Kier molecular flexibility index (Phi) is 3.61. The minimum Gasteiger partial charge on any atom is -0.478 e. The number of rotatable bonds is 4. The molecule has 0 fully saturated rings. The third-order valence-corrected chi connectivity index (χ3v) is 2.70. The summed E-state index contributed by atoms with van der Waals surface area (Å²) in [6, 6.07) is 10.2. The van der Waals surface area contributed by atoms with E-state index >= 15 is 0 Å². The number of benzene rings is 2. The van der Waals surface area contributed by atoms with Gasteiger partial charge < -0.3 is 9.84 Å². The van der Waals surface area contributed by atoms with E-state index in [1.54, 1.807) is 18.2 Å². The average molecular weight is 256 g/mol. The van der Waals surface area contributed by atoms with E-state index in [4.69, 9.17) is 4.74 Å². The molecule has 2 aromatic carbocycles. The van der Waals surface area contributed by atoms with E-state index in [1.165, 1.54) is 12.1 Å². The van der Waals surface area contributed by atoms with Crippen molar-refractivity contribution in [3.05, 3.63) is 60.2 Å². The van der Waals surface area contributed by atoms with E-state index in [1.807, 2.05) is 12.1 Å². The Morgan fingerprint density at radius 1 is 1.21 bits per heavy atom. The van der Waals surface area contributed by atoms with Gasteiger partial charge in [0.2, 0.25) is 0 Å². The second kappa shape index (κ2) is 5.35. The van der Waals surface area contributed by atoms with Crippen LogP contribution in [0.15, 0.2) is 49.1 Å². The van der Waals surface area contributed by atoms with Gasteiger partial charge in [-0.3, -0.25) is 0 Å². The summed E-state index contributed by atoms with van der Waals surface area (Å²) >= 11 is 0. The highest BCUT2D eigenvalue weighted by Gasteiger charge is 2.20. The van der Waals surface area contributed by atoms with Crippen molar-refractivity contribution in [3.8, 4) is 0 Å². The molecule has 0 bridgehead atoms. The Balaban J connectivity index is 2.65. The minimum atomic E-state index is -1.16. The van der Waals surface area contributed by atoms with Crippen LogP contribution in [-0.2, 0) is 4.74 Å². The molecular weight excluding hydrogens is 244 g/mol. The molecule has 0 amide bonds. The summed E-state index contributed by atoms with van der Waals surface area (Å²) in [6.45, 7) is 3.50. The van der Waals surface area contributed by atoms with Gasteiger partial charge in [0, 0.05) is 0 Å². The van der Waals surface area contributed by atoms with Gasteiger partial charge in [0.1, 0.15) is 6.61 Å². The lowest BCUT2D eigenvalue weighted by Crippen LogP contribution is -2.12. The zero-order chi connectivity index (χ0) is 13.8. The first kappa shape index (κ1) is 12.8. The summed E-state index contributed by atoms with van der Waals surface area (Å²) in [5.74, 6) is -1.81. The summed E-state index contributed by atoms with van der Waals surface area (Å²) in [4.78, 5) is 23.2. The number of esters is 1. The summed E-state index contributed by atoms with van der Waals surface area (Å²) in [5.41, 5.74) is 0.0141. The van der Waals surface area contributed by atoms with Crippen LogP contribution in [0.4, 0.5) is 0 Å². The van der Waals surface area contributed by atoms with E-state index in [9.17, 15) is 14.7 Å².